The van der Waals surface area contributed by atoms with Crippen LogP contribution >= 0.6 is 11.8 Å². The summed E-state index contributed by atoms with van der Waals surface area (Å²) in [6.45, 7) is 1.60. The number of benzene rings is 1. The molecule has 0 aliphatic heterocycles. The van der Waals surface area contributed by atoms with Gasteiger partial charge in [0.25, 0.3) is 0 Å². The predicted octanol–water partition coefficient (Wildman–Crippen LogP) is 2.82. The molecular formula is C12H11FN2OS. The van der Waals surface area contributed by atoms with Gasteiger partial charge in [0.2, 0.25) is 0 Å². The van der Waals surface area contributed by atoms with E-state index < -0.39 is 6.10 Å². The molecule has 0 radical (unpaired) electrons. The van der Waals surface area contributed by atoms with E-state index in [4.69, 9.17) is 0 Å². The fourth-order valence-corrected chi connectivity index (χ4v) is 2.01. The molecule has 0 amide bonds. The summed E-state index contributed by atoms with van der Waals surface area (Å²) in [5.41, 5.74) is 0.556. The molecule has 0 fully saturated rings. The number of hydrogen-bond acceptors (Lipinski definition) is 4. The summed E-state index contributed by atoms with van der Waals surface area (Å²) in [6.07, 6.45) is 2.55. The van der Waals surface area contributed by atoms with Crippen LogP contribution in [-0.4, -0.2) is 15.1 Å². The third kappa shape index (κ3) is 3.01. The van der Waals surface area contributed by atoms with Gasteiger partial charge in [-0.15, -0.1) is 0 Å². The number of rotatable bonds is 3. The Hall–Kier alpha value is -1.46. The van der Waals surface area contributed by atoms with Crippen molar-refractivity contribution in [1.29, 1.82) is 0 Å². The highest BCUT2D eigenvalue weighted by atomic mass is 32.2. The molecule has 1 atom stereocenters. The molecule has 88 valence electrons. The zero-order valence-electron chi connectivity index (χ0n) is 9.17. The third-order valence-corrected chi connectivity index (χ3v) is 3.13. The Labute approximate surface area is 103 Å². The van der Waals surface area contributed by atoms with Crippen molar-refractivity contribution < 1.29 is 9.50 Å². The highest BCUT2D eigenvalue weighted by molar-refractivity contribution is 7.99. The Bertz CT molecular complexity index is 505. The Morgan fingerprint density at radius 1 is 1.29 bits per heavy atom. The molecule has 0 saturated heterocycles. The monoisotopic (exact) mass is 250 g/mol. The van der Waals surface area contributed by atoms with Gasteiger partial charge in [-0.1, -0.05) is 6.07 Å². The second kappa shape index (κ2) is 5.25. The molecule has 2 aromatic rings. The van der Waals surface area contributed by atoms with Crippen LogP contribution in [0.5, 0.6) is 0 Å². The SMILES string of the molecule is C[C@H](O)c1ccc(Sc2ncccn2)c(F)c1. The zero-order chi connectivity index (χ0) is 12.3. The van der Waals surface area contributed by atoms with Gasteiger partial charge in [0.1, 0.15) is 5.82 Å². The van der Waals surface area contributed by atoms with Crippen LogP contribution in [0, 0.1) is 5.82 Å². The summed E-state index contributed by atoms with van der Waals surface area (Å²) in [6, 6.07) is 6.35. The molecule has 17 heavy (non-hydrogen) atoms. The van der Waals surface area contributed by atoms with Gasteiger partial charge in [-0.2, -0.15) is 0 Å². The van der Waals surface area contributed by atoms with Gasteiger partial charge in [0, 0.05) is 12.4 Å². The summed E-state index contributed by atoms with van der Waals surface area (Å²) in [4.78, 5) is 8.46. The fraction of sp³-hybridized carbons (Fsp3) is 0.167. The van der Waals surface area contributed by atoms with E-state index in [1.54, 1.807) is 37.5 Å². The van der Waals surface area contributed by atoms with Gasteiger partial charge < -0.3 is 5.11 Å². The largest absolute Gasteiger partial charge is 0.389 e. The number of aliphatic hydroxyl groups excluding tert-OH is 1. The molecular weight excluding hydrogens is 239 g/mol. The predicted molar refractivity (Wildman–Crippen MR) is 63.2 cm³/mol. The average Bonchev–Trinajstić information content (AvgIpc) is 2.33. The molecule has 1 aromatic heterocycles. The summed E-state index contributed by atoms with van der Waals surface area (Å²) in [5, 5.41) is 9.83. The van der Waals surface area contributed by atoms with E-state index in [0.29, 0.717) is 15.6 Å². The zero-order valence-corrected chi connectivity index (χ0v) is 9.99. The first-order valence-corrected chi connectivity index (χ1v) is 5.91. The minimum Gasteiger partial charge on any atom is -0.389 e. The van der Waals surface area contributed by atoms with Crippen LogP contribution in [0.15, 0.2) is 46.7 Å². The maximum atomic E-state index is 13.7. The molecule has 1 heterocycles. The minimum atomic E-state index is -0.670. The van der Waals surface area contributed by atoms with Crippen LogP contribution < -0.4 is 0 Å². The molecule has 0 bridgehead atoms. The van der Waals surface area contributed by atoms with E-state index in [0.717, 1.165) is 11.8 Å². The maximum Gasteiger partial charge on any atom is 0.192 e. The van der Waals surface area contributed by atoms with Crippen LogP contribution in [0.1, 0.15) is 18.6 Å². The Kier molecular flexibility index (Phi) is 3.71. The number of aliphatic hydroxyl groups is 1. The lowest BCUT2D eigenvalue weighted by Gasteiger charge is -2.07. The molecule has 0 unspecified atom stereocenters. The Balaban J connectivity index is 2.23. The van der Waals surface area contributed by atoms with Crippen molar-refractivity contribution in [2.75, 3.05) is 0 Å². The van der Waals surface area contributed by atoms with E-state index in [-0.39, 0.29) is 5.82 Å². The molecule has 1 N–H and O–H groups in total. The molecule has 3 nitrogen and oxygen atoms in total. The number of hydrogen-bond donors (Lipinski definition) is 1. The summed E-state index contributed by atoms with van der Waals surface area (Å²) >= 11 is 1.16. The molecule has 0 aliphatic carbocycles. The molecule has 1 aromatic carbocycles. The van der Waals surface area contributed by atoms with Gasteiger partial charge in [-0.3, -0.25) is 0 Å². The van der Waals surface area contributed by atoms with Crippen molar-refractivity contribution in [3.63, 3.8) is 0 Å². The van der Waals surface area contributed by atoms with Crippen LogP contribution in [0.25, 0.3) is 0 Å². The lowest BCUT2D eigenvalue weighted by atomic mass is 10.1. The molecule has 0 spiro atoms. The van der Waals surface area contributed by atoms with E-state index >= 15 is 0 Å². The first-order valence-electron chi connectivity index (χ1n) is 5.09. The minimum absolute atomic E-state index is 0.374. The van der Waals surface area contributed by atoms with E-state index in [2.05, 4.69) is 9.97 Å². The maximum absolute atomic E-state index is 13.7. The van der Waals surface area contributed by atoms with Crippen molar-refractivity contribution in [2.45, 2.75) is 23.1 Å². The lowest BCUT2D eigenvalue weighted by molar-refractivity contribution is 0.198. The van der Waals surface area contributed by atoms with Crippen molar-refractivity contribution in [3.05, 3.63) is 48.0 Å². The van der Waals surface area contributed by atoms with Crippen molar-refractivity contribution in [2.24, 2.45) is 0 Å². The van der Waals surface area contributed by atoms with Gasteiger partial charge in [-0.05, 0) is 42.4 Å². The van der Waals surface area contributed by atoms with Gasteiger partial charge in [0.15, 0.2) is 5.16 Å². The number of aromatic nitrogens is 2. The van der Waals surface area contributed by atoms with E-state index in [9.17, 15) is 9.50 Å². The molecule has 0 aliphatic rings. The van der Waals surface area contributed by atoms with Gasteiger partial charge in [-0.25, -0.2) is 14.4 Å². The normalized spacial score (nSPS) is 12.4. The summed E-state index contributed by atoms with van der Waals surface area (Å²) in [5.74, 6) is -0.374. The van der Waals surface area contributed by atoms with Crippen molar-refractivity contribution >= 4 is 11.8 Å². The first kappa shape index (κ1) is 12.0. The molecule has 5 heteroatoms. The van der Waals surface area contributed by atoms with E-state index in [1.807, 2.05) is 0 Å². The summed E-state index contributed by atoms with van der Waals surface area (Å²) in [7, 11) is 0. The smallest absolute Gasteiger partial charge is 0.192 e. The Morgan fingerprint density at radius 3 is 2.59 bits per heavy atom. The Morgan fingerprint density at radius 2 is 2.00 bits per heavy atom. The van der Waals surface area contributed by atoms with Crippen LogP contribution in [0.4, 0.5) is 4.39 Å². The summed E-state index contributed by atoms with van der Waals surface area (Å²) < 4.78 is 13.7. The first-order chi connectivity index (χ1) is 8.16. The van der Waals surface area contributed by atoms with Gasteiger partial charge >= 0.3 is 0 Å². The average molecular weight is 250 g/mol. The third-order valence-electron chi connectivity index (χ3n) is 2.18. The quantitative estimate of drug-likeness (QED) is 0.851. The van der Waals surface area contributed by atoms with Gasteiger partial charge in [0.05, 0.1) is 11.0 Å². The highest BCUT2D eigenvalue weighted by Gasteiger charge is 2.09. The van der Waals surface area contributed by atoms with Crippen LogP contribution in [0.3, 0.4) is 0 Å². The van der Waals surface area contributed by atoms with Crippen molar-refractivity contribution in [3.8, 4) is 0 Å². The lowest BCUT2D eigenvalue weighted by Crippen LogP contribution is -1.93. The van der Waals surface area contributed by atoms with Crippen LogP contribution in [-0.2, 0) is 0 Å². The standard InChI is InChI=1S/C12H11FN2OS/c1-8(16)9-3-4-11(10(13)7-9)17-12-14-5-2-6-15-12/h2-8,16H,1H3/t8-/m0/s1. The highest BCUT2D eigenvalue weighted by Crippen LogP contribution is 2.28. The number of halogens is 1. The molecule has 2 rings (SSSR count). The van der Waals surface area contributed by atoms with Crippen LogP contribution in [0.2, 0.25) is 0 Å². The van der Waals surface area contributed by atoms with E-state index in [1.165, 1.54) is 6.07 Å². The topological polar surface area (TPSA) is 46.0 Å². The number of nitrogens with zero attached hydrogens (tertiary/aromatic N) is 2. The van der Waals surface area contributed by atoms with Crippen molar-refractivity contribution in [1.82, 2.24) is 9.97 Å². The molecule has 0 saturated carbocycles. The second-order valence-corrected chi connectivity index (χ2v) is 4.51. The fourth-order valence-electron chi connectivity index (χ4n) is 1.30. The second-order valence-electron chi connectivity index (χ2n) is 3.50.